The first kappa shape index (κ1) is 19.8. The first-order chi connectivity index (χ1) is 14.5. The number of nitrogens with zero attached hydrogens (tertiary/aromatic N) is 2. The lowest BCUT2D eigenvalue weighted by molar-refractivity contribution is -0.132. The van der Waals surface area contributed by atoms with Crippen LogP contribution in [0.2, 0.25) is 0 Å². The molecule has 1 saturated heterocycles. The van der Waals surface area contributed by atoms with Gasteiger partial charge >= 0.3 is 6.03 Å². The number of carbonyl (C=O) groups excluding carboxylic acids is 2. The molecule has 154 valence electrons. The fraction of sp³-hybridized carbons (Fsp3) is 0.261. The van der Waals surface area contributed by atoms with Crippen molar-refractivity contribution < 1.29 is 18.4 Å². The van der Waals surface area contributed by atoms with Gasteiger partial charge in [-0.05, 0) is 24.1 Å². The summed E-state index contributed by atoms with van der Waals surface area (Å²) in [7, 11) is 0. The van der Waals surface area contributed by atoms with E-state index in [1.807, 2.05) is 37.3 Å². The van der Waals surface area contributed by atoms with Gasteiger partial charge in [0.2, 0.25) is 5.89 Å². The number of imide groups is 1. The van der Waals surface area contributed by atoms with Crippen molar-refractivity contribution in [3.8, 4) is 11.3 Å². The Morgan fingerprint density at radius 3 is 2.53 bits per heavy atom. The first-order valence-electron chi connectivity index (χ1n) is 9.94. The molecular weight excluding hydrogens is 385 g/mol. The van der Waals surface area contributed by atoms with E-state index >= 15 is 0 Å². The van der Waals surface area contributed by atoms with E-state index in [0.717, 1.165) is 23.3 Å². The van der Waals surface area contributed by atoms with Gasteiger partial charge in [-0.25, -0.2) is 14.2 Å². The summed E-state index contributed by atoms with van der Waals surface area (Å²) in [5, 5.41) is 2.84. The summed E-state index contributed by atoms with van der Waals surface area (Å²) in [6.07, 6.45) is 3.59. The van der Waals surface area contributed by atoms with Gasteiger partial charge in [-0.1, -0.05) is 62.2 Å². The molecule has 0 radical (unpaired) electrons. The normalized spacial score (nSPS) is 18.7. The van der Waals surface area contributed by atoms with Gasteiger partial charge in [0, 0.05) is 5.56 Å². The fourth-order valence-electron chi connectivity index (χ4n) is 3.71. The molecule has 6 nitrogen and oxygen atoms in total. The SMILES string of the molecule is CCCC[C@]1(c2ccc(F)cc2)NC(=O)N(Cc2ncc(-c3ccccc3)o2)C1=O. The number of hydrogen-bond acceptors (Lipinski definition) is 4. The van der Waals surface area contributed by atoms with E-state index in [0.29, 0.717) is 17.7 Å². The Hall–Kier alpha value is -3.48. The van der Waals surface area contributed by atoms with Gasteiger partial charge in [0.15, 0.2) is 5.76 Å². The number of oxazole rings is 1. The number of aromatic nitrogens is 1. The molecule has 30 heavy (non-hydrogen) atoms. The maximum atomic E-state index is 13.4. The van der Waals surface area contributed by atoms with Gasteiger partial charge in [-0.15, -0.1) is 0 Å². The summed E-state index contributed by atoms with van der Waals surface area (Å²) in [6, 6.07) is 14.6. The molecule has 0 unspecified atom stereocenters. The lowest BCUT2D eigenvalue weighted by Crippen LogP contribution is -2.44. The van der Waals surface area contributed by atoms with Crippen LogP contribution in [0, 0.1) is 5.82 Å². The van der Waals surface area contributed by atoms with Gasteiger partial charge in [0.05, 0.1) is 6.20 Å². The minimum absolute atomic E-state index is 0.0768. The van der Waals surface area contributed by atoms with Crippen LogP contribution in [0.4, 0.5) is 9.18 Å². The fourth-order valence-corrected chi connectivity index (χ4v) is 3.71. The average molecular weight is 407 g/mol. The number of rotatable bonds is 7. The summed E-state index contributed by atoms with van der Waals surface area (Å²) in [4.78, 5) is 31.5. The molecule has 0 aliphatic carbocycles. The monoisotopic (exact) mass is 407 g/mol. The van der Waals surface area contributed by atoms with Gasteiger partial charge in [0.1, 0.15) is 17.9 Å². The smallest absolute Gasteiger partial charge is 0.325 e. The maximum Gasteiger partial charge on any atom is 0.325 e. The minimum Gasteiger partial charge on any atom is -0.439 e. The molecule has 3 amide bonds. The minimum atomic E-state index is -1.21. The lowest BCUT2D eigenvalue weighted by atomic mass is 9.85. The van der Waals surface area contributed by atoms with Crippen LogP contribution in [0.25, 0.3) is 11.3 Å². The van der Waals surface area contributed by atoms with Crippen LogP contribution in [-0.2, 0) is 16.9 Å². The number of amides is 3. The first-order valence-corrected chi connectivity index (χ1v) is 9.94. The highest BCUT2D eigenvalue weighted by Gasteiger charge is 2.52. The zero-order valence-electron chi connectivity index (χ0n) is 16.6. The molecule has 0 bridgehead atoms. The highest BCUT2D eigenvalue weighted by atomic mass is 19.1. The van der Waals surface area contributed by atoms with Crippen molar-refractivity contribution in [1.82, 2.24) is 15.2 Å². The third-order valence-electron chi connectivity index (χ3n) is 5.32. The zero-order valence-corrected chi connectivity index (χ0v) is 16.6. The Balaban J connectivity index is 1.60. The molecule has 2 heterocycles. The van der Waals surface area contributed by atoms with Crippen molar-refractivity contribution in [2.45, 2.75) is 38.3 Å². The predicted octanol–water partition coefficient (Wildman–Crippen LogP) is 4.62. The average Bonchev–Trinajstić information content (AvgIpc) is 3.33. The number of benzene rings is 2. The molecule has 1 aliphatic heterocycles. The van der Waals surface area contributed by atoms with Crippen LogP contribution in [0.1, 0.15) is 37.6 Å². The third kappa shape index (κ3) is 3.58. The highest BCUT2D eigenvalue weighted by molar-refractivity contribution is 6.07. The van der Waals surface area contributed by atoms with E-state index in [9.17, 15) is 14.0 Å². The molecule has 3 aromatic rings. The third-order valence-corrected chi connectivity index (χ3v) is 5.32. The van der Waals surface area contributed by atoms with E-state index in [1.54, 1.807) is 18.3 Å². The largest absolute Gasteiger partial charge is 0.439 e. The quantitative estimate of drug-likeness (QED) is 0.580. The summed E-state index contributed by atoms with van der Waals surface area (Å²) < 4.78 is 19.2. The molecule has 2 aromatic carbocycles. The van der Waals surface area contributed by atoms with E-state index in [1.165, 1.54) is 12.1 Å². The second-order valence-corrected chi connectivity index (χ2v) is 7.32. The van der Waals surface area contributed by atoms with Gasteiger partial charge in [-0.2, -0.15) is 0 Å². The van der Waals surface area contributed by atoms with Gasteiger partial charge < -0.3 is 9.73 Å². The summed E-state index contributed by atoms with van der Waals surface area (Å²) >= 11 is 0. The molecule has 1 aromatic heterocycles. The number of carbonyl (C=O) groups is 2. The maximum absolute atomic E-state index is 13.4. The number of halogens is 1. The Morgan fingerprint density at radius 1 is 1.10 bits per heavy atom. The highest BCUT2D eigenvalue weighted by Crippen LogP contribution is 2.35. The molecular formula is C23H22FN3O3. The van der Waals surface area contributed by atoms with Crippen molar-refractivity contribution in [2.24, 2.45) is 0 Å². The molecule has 1 N–H and O–H groups in total. The molecule has 7 heteroatoms. The lowest BCUT2D eigenvalue weighted by Gasteiger charge is -2.27. The molecule has 0 spiro atoms. The van der Waals surface area contributed by atoms with E-state index in [-0.39, 0.29) is 18.3 Å². The standard InChI is InChI=1S/C23H22FN3O3/c1-2-3-13-23(17-9-11-18(24)12-10-17)21(28)27(22(29)26-23)15-20-25-14-19(30-20)16-7-5-4-6-8-16/h4-12,14H,2-3,13,15H2,1H3,(H,26,29)/t23-/m1/s1. The van der Waals surface area contributed by atoms with Crippen molar-refractivity contribution >= 4 is 11.9 Å². The number of nitrogens with one attached hydrogen (secondary N) is 1. The molecule has 1 fully saturated rings. The number of unbranched alkanes of at least 4 members (excludes halogenated alkanes) is 1. The van der Waals surface area contributed by atoms with Crippen LogP contribution in [0.5, 0.6) is 0 Å². The van der Waals surface area contributed by atoms with Crippen molar-refractivity contribution in [3.63, 3.8) is 0 Å². The second-order valence-electron chi connectivity index (χ2n) is 7.32. The topological polar surface area (TPSA) is 75.4 Å². The molecule has 1 atom stereocenters. The van der Waals surface area contributed by atoms with Crippen LogP contribution < -0.4 is 5.32 Å². The van der Waals surface area contributed by atoms with Crippen LogP contribution in [0.3, 0.4) is 0 Å². The van der Waals surface area contributed by atoms with Crippen molar-refractivity contribution in [3.05, 3.63) is 78.1 Å². The van der Waals surface area contributed by atoms with Gasteiger partial charge in [-0.3, -0.25) is 9.69 Å². The number of urea groups is 1. The molecule has 0 saturated carbocycles. The van der Waals surface area contributed by atoms with E-state index in [2.05, 4.69) is 10.3 Å². The molecule has 1 aliphatic rings. The van der Waals surface area contributed by atoms with Gasteiger partial charge in [0.25, 0.3) is 5.91 Å². The van der Waals surface area contributed by atoms with Crippen LogP contribution >= 0.6 is 0 Å². The summed E-state index contributed by atoms with van der Waals surface area (Å²) in [6.45, 7) is 1.93. The van der Waals surface area contributed by atoms with Crippen LogP contribution in [0.15, 0.2) is 65.2 Å². The Labute approximate surface area is 173 Å². The van der Waals surface area contributed by atoms with Crippen molar-refractivity contribution in [2.75, 3.05) is 0 Å². The Morgan fingerprint density at radius 2 is 1.83 bits per heavy atom. The van der Waals surface area contributed by atoms with Crippen molar-refractivity contribution in [1.29, 1.82) is 0 Å². The van der Waals surface area contributed by atoms with Crippen LogP contribution in [-0.4, -0.2) is 21.8 Å². The Kier molecular flexibility index (Phi) is 5.35. The molecule has 4 rings (SSSR count). The second kappa shape index (κ2) is 8.10. The predicted molar refractivity (Wildman–Crippen MR) is 109 cm³/mol. The number of hydrogen-bond donors (Lipinski definition) is 1. The van der Waals surface area contributed by atoms with E-state index in [4.69, 9.17) is 4.42 Å². The summed E-state index contributed by atoms with van der Waals surface area (Å²) in [5.41, 5.74) is 0.211. The summed E-state index contributed by atoms with van der Waals surface area (Å²) in [5.74, 6) is 0.0504. The Bertz CT molecular complexity index is 1050. The van der Waals surface area contributed by atoms with E-state index < -0.39 is 17.4 Å². The zero-order chi connectivity index (χ0) is 21.1.